The number of benzene rings is 1. The third-order valence-corrected chi connectivity index (χ3v) is 4.27. The number of halogens is 1. The van der Waals surface area contributed by atoms with Crippen LogP contribution < -0.4 is 5.32 Å². The van der Waals surface area contributed by atoms with Gasteiger partial charge in [0.15, 0.2) is 17.8 Å². The van der Waals surface area contributed by atoms with E-state index in [9.17, 15) is 14.0 Å². The number of likely N-dealkylation sites (tertiary alicyclic amines) is 1. The van der Waals surface area contributed by atoms with E-state index in [1.807, 2.05) is 0 Å². The molecular formula is C18H20FN3O3. The monoisotopic (exact) mass is 345 g/mol. The quantitative estimate of drug-likeness (QED) is 0.924. The van der Waals surface area contributed by atoms with Crippen LogP contribution in [-0.2, 0) is 4.79 Å². The summed E-state index contributed by atoms with van der Waals surface area (Å²) in [6.45, 7) is 3.11. The van der Waals surface area contributed by atoms with Gasteiger partial charge in [-0.2, -0.15) is 0 Å². The van der Waals surface area contributed by atoms with Crippen LogP contribution in [-0.4, -0.2) is 40.8 Å². The van der Waals surface area contributed by atoms with Gasteiger partial charge in [0.05, 0.1) is 0 Å². The van der Waals surface area contributed by atoms with Crippen LogP contribution in [0.15, 0.2) is 35.1 Å². The minimum atomic E-state index is -0.650. The molecule has 0 bridgehead atoms. The van der Waals surface area contributed by atoms with Crippen molar-refractivity contribution in [3.63, 3.8) is 0 Å². The highest BCUT2D eigenvalue weighted by Gasteiger charge is 2.26. The lowest BCUT2D eigenvalue weighted by molar-refractivity contribution is -0.133. The normalized spacial score (nSPS) is 15.7. The van der Waals surface area contributed by atoms with Gasteiger partial charge >= 0.3 is 0 Å². The van der Waals surface area contributed by atoms with E-state index in [4.69, 9.17) is 4.42 Å². The molecule has 132 valence electrons. The van der Waals surface area contributed by atoms with Gasteiger partial charge in [-0.05, 0) is 50.5 Å². The largest absolute Gasteiger partial charge is 0.443 e. The van der Waals surface area contributed by atoms with Crippen LogP contribution in [0.2, 0.25) is 0 Å². The van der Waals surface area contributed by atoms with Gasteiger partial charge in [0, 0.05) is 18.7 Å². The Hall–Kier alpha value is -2.70. The van der Waals surface area contributed by atoms with Crippen LogP contribution >= 0.6 is 0 Å². The Balaban J connectivity index is 1.70. The zero-order valence-electron chi connectivity index (χ0n) is 14.0. The first-order valence-electron chi connectivity index (χ1n) is 8.35. The van der Waals surface area contributed by atoms with Gasteiger partial charge < -0.3 is 14.6 Å². The second-order valence-corrected chi connectivity index (χ2v) is 6.12. The van der Waals surface area contributed by atoms with E-state index in [1.165, 1.54) is 24.3 Å². The highest BCUT2D eigenvalue weighted by molar-refractivity contribution is 6.00. The van der Waals surface area contributed by atoms with Crippen LogP contribution in [0.25, 0.3) is 11.3 Å². The molecule has 7 heteroatoms. The number of carbonyl (C=O) groups excluding carboxylic acids is 2. The van der Waals surface area contributed by atoms with Crippen LogP contribution in [0.4, 0.5) is 4.39 Å². The molecule has 2 heterocycles. The summed E-state index contributed by atoms with van der Waals surface area (Å²) in [5.74, 6) is -0.726. The SMILES string of the molecule is C[C@@H](NC(=O)c1ncoc1-c1ccc(F)cc1)C(=O)N1CCCCC1. The lowest BCUT2D eigenvalue weighted by Gasteiger charge is -2.29. The zero-order chi connectivity index (χ0) is 17.8. The van der Waals surface area contributed by atoms with Crippen molar-refractivity contribution in [1.82, 2.24) is 15.2 Å². The van der Waals surface area contributed by atoms with Crippen molar-refractivity contribution in [3.8, 4) is 11.3 Å². The van der Waals surface area contributed by atoms with Crippen molar-refractivity contribution in [3.05, 3.63) is 42.2 Å². The molecule has 2 amide bonds. The summed E-state index contributed by atoms with van der Waals surface area (Å²) in [4.78, 5) is 30.6. The number of carbonyl (C=O) groups is 2. The fourth-order valence-corrected chi connectivity index (χ4v) is 2.93. The fourth-order valence-electron chi connectivity index (χ4n) is 2.93. The summed E-state index contributed by atoms with van der Waals surface area (Å²) in [5, 5.41) is 2.67. The van der Waals surface area contributed by atoms with Gasteiger partial charge in [-0.15, -0.1) is 0 Å². The number of amides is 2. The Morgan fingerprint density at radius 1 is 1.20 bits per heavy atom. The highest BCUT2D eigenvalue weighted by atomic mass is 19.1. The maximum Gasteiger partial charge on any atom is 0.274 e. The summed E-state index contributed by atoms with van der Waals surface area (Å²) in [7, 11) is 0. The molecule has 3 rings (SSSR count). The maximum atomic E-state index is 13.1. The molecule has 1 atom stereocenters. The lowest BCUT2D eigenvalue weighted by Crippen LogP contribution is -2.48. The fraction of sp³-hybridized carbons (Fsp3) is 0.389. The minimum absolute atomic E-state index is 0.0740. The Bertz CT molecular complexity index is 751. The summed E-state index contributed by atoms with van der Waals surface area (Å²) in [6.07, 6.45) is 4.27. The van der Waals surface area contributed by atoms with E-state index in [0.717, 1.165) is 38.7 Å². The number of aromatic nitrogens is 1. The molecule has 1 aliphatic rings. The first-order chi connectivity index (χ1) is 12.1. The lowest BCUT2D eigenvalue weighted by atomic mass is 10.1. The first-order valence-corrected chi connectivity index (χ1v) is 8.35. The van der Waals surface area contributed by atoms with Gasteiger partial charge in [0.2, 0.25) is 5.91 Å². The average molecular weight is 345 g/mol. The number of hydrogen-bond acceptors (Lipinski definition) is 4. The third-order valence-electron chi connectivity index (χ3n) is 4.27. The van der Waals surface area contributed by atoms with Crippen molar-refractivity contribution in [2.75, 3.05) is 13.1 Å². The van der Waals surface area contributed by atoms with Gasteiger partial charge in [-0.3, -0.25) is 9.59 Å². The number of rotatable bonds is 4. The smallest absolute Gasteiger partial charge is 0.274 e. The molecule has 0 unspecified atom stereocenters. The molecule has 1 aromatic heterocycles. The molecular weight excluding hydrogens is 325 g/mol. The average Bonchev–Trinajstić information content (AvgIpc) is 3.12. The first kappa shape index (κ1) is 17.1. The van der Waals surface area contributed by atoms with Gasteiger partial charge in [-0.1, -0.05) is 0 Å². The van der Waals surface area contributed by atoms with Crippen molar-refractivity contribution in [1.29, 1.82) is 0 Å². The molecule has 0 radical (unpaired) electrons. The van der Waals surface area contributed by atoms with Crippen LogP contribution in [0.1, 0.15) is 36.7 Å². The third kappa shape index (κ3) is 3.87. The number of nitrogens with one attached hydrogen (secondary N) is 1. The predicted molar refractivity (Wildman–Crippen MR) is 89.3 cm³/mol. The summed E-state index contributed by atoms with van der Waals surface area (Å²) in [6, 6.07) is 4.93. The molecule has 1 fully saturated rings. The highest BCUT2D eigenvalue weighted by Crippen LogP contribution is 2.23. The zero-order valence-corrected chi connectivity index (χ0v) is 14.0. The Morgan fingerprint density at radius 3 is 2.56 bits per heavy atom. The second-order valence-electron chi connectivity index (χ2n) is 6.12. The van der Waals surface area contributed by atoms with E-state index in [0.29, 0.717) is 5.56 Å². The Labute approximate surface area is 145 Å². The molecule has 1 aliphatic heterocycles. The molecule has 6 nitrogen and oxygen atoms in total. The molecule has 0 saturated carbocycles. The molecule has 1 N–H and O–H groups in total. The summed E-state index contributed by atoms with van der Waals surface area (Å²) < 4.78 is 18.3. The molecule has 2 aromatic rings. The summed E-state index contributed by atoms with van der Waals surface area (Å²) in [5.41, 5.74) is 0.615. The molecule has 0 spiro atoms. The van der Waals surface area contributed by atoms with Crippen molar-refractivity contribution >= 4 is 11.8 Å². The predicted octanol–water partition coefficient (Wildman–Crippen LogP) is 2.61. The van der Waals surface area contributed by atoms with E-state index < -0.39 is 11.9 Å². The molecule has 1 saturated heterocycles. The standard InChI is InChI=1S/C18H20FN3O3/c1-12(18(24)22-9-3-2-4-10-22)21-17(23)15-16(25-11-20-15)13-5-7-14(19)8-6-13/h5-8,11-12H,2-4,9-10H2,1H3,(H,21,23)/t12-/m1/s1. The van der Waals surface area contributed by atoms with Crippen LogP contribution in [0.5, 0.6) is 0 Å². The summed E-state index contributed by atoms with van der Waals surface area (Å²) >= 11 is 0. The maximum absolute atomic E-state index is 13.1. The van der Waals surface area contributed by atoms with E-state index in [2.05, 4.69) is 10.3 Å². The molecule has 0 aliphatic carbocycles. The van der Waals surface area contributed by atoms with Crippen molar-refractivity contribution in [2.45, 2.75) is 32.2 Å². The molecule has 1 aromatic carbocycles. The van der Waals surface area contributed by atoms with Gasteiger partial charge in [-0.25, -0.2) is 9.37 Å². The van der Waals surface area contributed by atoms with Crippen molar-refractivity contribution < 1.29 is 18.4 Å². The van der Waals surface area contributed by atoms with E-state index >= 15 is 0 Å². The Morgan fingerprint density at radius 2 is 1.88 bits per heavy atom. The van der Waals surface area contributed by atoms with Crippen LogP contribution in [0.3, 0.4) is 0 Å². The van der Waals surface area contributed by atoms with Gasteiger partial charge in [0.25, 0.3) is 5.91 Å². The van der Waals surface area contributed by atoms with Crippen LogP contribution in [0, 0.1) is 5.82 Å². The number of hydrogen-bond donors (Lipinski definition) is 1. The second kappa shape index (κ2) is 7.46. The van der Waals surface area contributed by atoms with Gasteiger partial charge in [0.1, 0.15) is 11.9 Å². The number of nitrogens with zero attached hydrogens (tertiary/aromatic N) is 2. The minimum Gasteiger partial charge on any atom is -0.443 e. The van der Waals surface area contributed by atoms with E-state index in [-0.39, 0.29) is 23.2 Å². The number of oxazole rings is 1. The topological polar surface area (TPSA) is 75.4 Å². The molecule has 25 heavy (non-hydrogen) atoms. The van der Waals surface area contributed by atoms with Crippen molar-refractivity contribution in [2.24, 2.45) is 0 Å². The Kier molecular flexibility index (Phi) is 5.11. The number of piperidine rings is 1. The van der Waals surface area contributed by atoms with E-state index in [1.54, 1.807) is 11.8 Å².